The Morgan fingerprint density at radius 1 is 1.03 bits per heavy atom. The second-order valence-corrected chi connectivity index (χ2v) is 7.42. The lowest BCUT2D eigenvalue weighted by Gasteiger charge is -2.38. The molecule has 1 unspecified atom stereocenters. The summed E-state index contributed by atoms with van der Waals surface area (Å²) in [7, 11) is 3.43. The molecule has 1 fully saturated rings. The van der Waals surface area contributed by atoms with Gasteiger partial charge in [0, 0.05) is 45.3 Å². The highest BCUT2D eigenvalue weighted by molar-refractivity contribution is 5.94. The molecule has 3 rings (SSSR count). The number of carbonyl (C=O) groups is 2. The highest BCUT2D eigenvalue weighted by atomic mass is 16.5. The van der Waals surface area contributed by atoms with Crippen LogP contribution in [0.3, 0.4) is 0 Å². The first-order valence-electron chi connectivity index (χ1n) is 9.96. The first kappa shape index (κ1) is 20.9. The number of likely N-dealkylation sites (N-methyl/N-ethyl adjacent to an activating group) is 1. The van der Waals surface area contributed by atoms with Gasteiger partial charge in [-0.3, -0.25) is 14.5 Å². The largest absolute Gasteiger partial charge is 0.497 e. The standard InChI is InChI=1S/C23H29N3O3/c1-18(22(27)24(2)17-19-8-5-4-6-9-19)25-12-14-26(15-13-25)23(28)20-10-7-11-21(16-20)29-3/h4-11,16,18H,12-15,17H2,1-3H3. The smallest absolute Gasteiger partial charge is 0.254 e. The number of carbonyl (C=O) groups excluding carboxylic acids is 2. The van der Waals surface area contributed by atoms with Crippen molar-refractivity contribution < 1.29 is 14.3 Å². The van der Waals surface area contributed by atoms with Gasteiger partial charge in [0.2, 0.25) is 5.91 Å². The van der Waals surface area contributed by atoms with Crippen LogP contribution in [0.2, 0.25) is 0 Å². The van der Waals surface area contributed by atoms with E-state index in [9.17, 15) is 9.59 Å². The fourth-order valence-corrected chi connectivity index (χ4v) is 3.66. The number of amides is 2. The van der Waals surface area contributed by atoms with Crippen molar-refractivity contribution in [3.05, 3.63) is 65.7 Å². The lowest BCUT2D eigenvalue weighted by atomic mass is 10.1. The average Bonchev–Trinajstić information content (AvgIpc) is 2.78. The third-order valence-electron chi connectivity index (χ3n) is 5.46. The van der Waals surface area contributed by atoms with Crippen molar-refractivity contribution in [1.82, 2.24) is 14.7 Å². The second kappa shape index (κ2) is 9.56. The van der Waals surface area contributed by atoms with Gasteiger partial charge in [-0.15, -0.1) is 0 Å². The monoisotopic (exact) mass is 395 g/mol. The van der Waals surface area contributed by atoms with E-state index in [1.807, 2.05) is 67.4 Å². The maximum Gasteiger partial charge on any atom is 0.254 e. The summed E-state index contributed by atoms with van der Waals surface area (Å²) < 4.78 is 5.21. The molecule has 0 radical (unpaired) electrons. The number of piperazine rings is 1. The van der Waals surface area contributed by atoms with E-state index >= 15 is 0 Å². The Hall–Kier alpha value is -2.86. The zero-order valence-corrected chi connectivity index (χ0v) is 17.4. The van der Waals surface area contributed by atoms with Crippen LogP contribution in [0.4, 0.5) is 0 Å². The van der Waals surface area contributed by atoms with Crippen molar-refractivity contribution >= 4 is 11.8 Å². The molecule has 2 aromatic rings. The maximum absolute atomic E-state index is 12.8. The molecular formula is C23H29N3O3. The molecule has 1 atom stereocenters. The van der Waals surface area contributed by atoms with E-state index in [0.717, 1.165) is 5.56 Å². The van der Waals surface area contributed by atoms with Crippen molar-refractivity contribution in [3.8, 4) is 5.75 Å². The molecule has 0 saturated carbocycles. The van der Waals surface area contributed by atoms with Gasteiger partial charge in [0.25, 0.3) is 5.91 Å². The normalized spacial score (nSPS) is 15.6. The quantitative estimate of drug-likeness (QED) is 0.754. The lowest BCUT2D eigenvalue weighted by molar-refractivity contribution is -0.136. The number of benzene rings is 2. The van der Waals surface area contributed by atoms with Crippen molar-refractivity contribution in [3.63, 3.8) is 0 Å². The SMILES string of the molecule is COc1cccc(C(=O)N2CCN(C(C)C(=O)N(C)Cc3ccccc3)CC2)c1. The molecule has 1 heterocycles. The number of nitrogens with zero attached hydrogens (tertiary/aromatic N) is 3. The molecule has 2 amide bonds. The molecule has 0 spiro atoms. The van der Waals surface area contributed by atoms with E-state index in [0.29, 0.717) is 44.0 Å². The van der Waals surface area contributed by atoms with Crippen LogP contribution in [-0.2, 0) is 11.3 Å². The molecule has 0 aliphatic carbocycles. The van der Waals surface area contributed by atoms with Crippen molar-refractivity contribution in [1.29, 1.82) is 0 Å². The molecule has 6 heteroatoms. The maximum atomic E-state index is 12.8. The zero-order chi connectivity index (χ0) is 20.8. The fourth-order valence-electron chi connectivity index (χ4n) is 3.66. The summed E-state index contributed by atoms with van der Waals surface area (Å²) in [5, 5.41) is 0. The van der Waals surface area contributed by atoms with Crippen LogP contribution >= 0.6 is 0 Å². The van der Waals surface area contributed by atoms with Gasteiger partial charge in [-0.05, 0) is 30.7 Å². The van der Waals surface area contributed by atoms with E-state index < -0.39 is 0 Å². The first-order chi connectivity index (χ1) is 14.0. The van der Waals surface area contributed by atoms with Gasteiger partial charge in [0.05, 0.1) is 13.2 Å². The van der Waals surface area contributed by atoms with E-state index in [-0.39, 0.29) is 17.9 Å². The van der Waals surface area contributed by atoms with Gasteiger partial charge in [-0.2, -0.15) is 0 Å². The predicted molar refractivity (Wildman–Crippen MR) is 113 cm³/mol. The van der Waals surface area contributed by atoms with Gasteiger partial charge in [0.1, 0.15) is 5.75 Å². The minimum atomic E-state index is -0.210. The molecule has 1 aliphatic heterocycles. The molecule has 1 saturated heterocycles. The Labute approximate surface area is 172 Å². The summed E-state index contributed by atoms with van der Waals surface area (Å²) in [5.41, 5.74) is 1.74. The summed E-state index contributed by atoms with van der Waals surface area (Å²) in [6.07, 6.45) is 0. The molecule has 0 aromatic heterocycles. The van der Waals surface area contributed by atoms with Crippen LogP contribution in [-0.4, -0.2) is 72.9 Å². The minimum Gasteiger partial charge on any atom is -0.497 e. The van der Waals surface area contributed by atoms with Crippen LogP contribution in [0.25, 0.3) is 0 Å². The number of hydrogen-bond acceptors (Lipinski definition) is 4. The van der Waals surface area contributed by atoms with E-state index in [1.54, 1.807) is 18.1 Å². The number of rotatable bonds is 6. The molecule has 6 nitrogen and oxygen atoms in total. The molecular weight excluding hydrogens is 366 g/mol. The first-order valence-corrected chi connectivity index (χ1v) is 9.96. The van der Waals surface area contributed by atoms with Crippen LogP contribution in [0.15, 0.2) is 54.6 Å². The van der Waals surface area contributed by atoms with Gasteiger partial charge in [-0.25, -0.2) is 0 Å². The summed E-state index contributed by atoms with van der Waals surface area (Å²) >= 11 is 0. The summed E-state index contributed by atoms with van der Waals surface area (Å²) in [5.74, 6) is 0.778. The van der Waals surface area contributed by atoms with Crippen molar-refractivity contribution in [2.75, 3.05) is 40.3 Å². The predicted octanol–water partition coefficient (Wildman–Crippen LogP) is 2.50. The minimum absolute atomic E-state index is 0.00345. The molecule has 154 valence electrons. The van der Waals surface area contributed by atoms with E-state index in [4.69, 9.17) is 4.74 Å². The average molecular weight is 396 g/mol. The van der Waals surface area contributed by atoms with Gasteiger partial charge in [-0.1, -0.05) is 36.4 Å². The molecule has 0 N–H and O–H groups in total. The van der Waals surface area contributed by atoms with Crippen LogP contribution in [0.5, 0.6) is 5.75 Å². The Bertz CT molecular complexity index is 832. The number of hydrogen-bond donors (Lipinski definition) is 0. The van der Waals surface area contributed by atoms with Gasteiger partial charge < -0.3 is 14.5 Å². The fraction of sp³-hybridized carbons (Fsp3) is 0.391. The Morgan fingerprint density at radius 2 is 1.72 bits per heavy atom. The van der Waals surface area contributed by atoms with Crippen molar-refractivity contribution in [2.24, 2.45) is 0 Å². The molecule has 1 aliphatic rings. The van der Waals surface area contributed by atoms with Crippen LogP contribution in [0.1, 0.15) is 22.8 Å². The Kier molecular flexibility index (Phi) is 6.88. The highest BCUT2D eigenvalue weighted by Crippen LogP contribution is 2.17. The third kappa shape index (κ3) is 5.15. The highest BCUT2D eigenvalue weighted by Gasteiger charge is 2.29. The van der Waals surface area contributed by atoms with Crippen molar-refractivity contribution in [2.45, 2.75) is 19.5 Å². The lowest BCUT2D eigenvalue weighted by Crippen LogP contribution is -2.55. The zero-order valence-electron chi connectivity index (χ0n) is 17.4. The summed E-state index contributed by atoms with van der Waals surface area (Å²) in [4.78, 5) is 31.4. The molecule has 0 bridgehead atoms. The molecule has 29 heavy (non-hydrogen) atoms. The second-order valence-electron chi connectivity index (χ2n) is 7.42. The van der Waals surface area contributed by atoms with E-state index in [1.165, 1.54) is 0 Å². The summed E-state index contributed by atoms with van der Waals surface area (Å²) in [6.45, 7) is 5.12. The van der Waals surface area contributed by atoms with Crippen LogP contribution < -0.4 is 4.74 Å². The van der Waals surface area contributed by atoms with Gasteiger partial charge in [0.15, 0.2) is 0 Å². The Morgan fingerprint density at radius 3 is 2.38 bits per heavy atom. The number of methoxy groups -OCH3 is 1. The topological polar surface area (TPSA) is 53.1 Å². The van der Waals surface area contributed by atoms with Crippen LogP contribution in [0, 0.1) is 0 Å². The number of ether oxygens (including phenoxy) is 1. The van der Waals surface area contributed by atoms with E-state index in [2.05, 4.69) is 4.90 Å². The molecule has 2 aromatic carbocycles. The third-order valence-corrected chi connectivity index (χ3v) is 5.46. The summed E-state index contributed by atoms with van der Waals surface area (Å²) in [6, 6.07) is 17.0. The van der Waals surface area contributed by atoms with Gasteiger partial charge >= 0.3 is 0 Å². The Balaban J connectivity index is 1.54.